The molecule has 0 aromatic carbocycles. The summed E-state index contributed by atoms with van der Waals surface area (Å²) in [6.07, 6.45) is 0. The quantitative estimate of drug-likeness (QED) is 0.419. The summed E-state index contributed by atoms with van der Waals surface area (Å²) >= 11 is 0. The van der Waals surface area contributed by atoms with Gasteiger partial charge >= 0.3 is 0 Å². The molecule has 0 bridgehead atoms. The maximum absolute atomic E-state index is 9.62. The lowest BCUT2D eigenvalue weighted by Gasteiger charge is -1.42. The van der Waals surface area contributed by atoms with Crippen molar-refractivity contribution in [1.29, 1.82) is 0 Å². The van der Waals surface area contributed by atoms with Gasteiger partial charge in [-0.3, -0.25) is 0 Å². The van der Waals surface area contributed by atoms with Crippen LogP contribution in [0.1, 0.15) is 0 Å². The third-order valence-electron chi connectivity index (χ3n) is 0. The van der Waals surface area contributed by atoms with Crippen molar-refractivity contribution in [3.8, 4) is 0 Å². The molecule has 0 unspecified atom stereocenters. The van der Waals surface area contributed by atoms with Crippen LogP contribution < -0.4 is 0 Å². The smallest absolute Gasteiger partial charge is 0.214 e. The molecule has 4 heavy (non-hydrogen) atoms. The molecule has 0 rings (SSSR count). The third-order valence-corrected chi connectivity index (χ3v) is 0. The fourth-order valence-electron chi connectivity index (χ4n) is 0. The van der Waals surface area contributed by atoms with Crippen LogP contribution in [0.5, 0.6) is 0 Å². The van der Waals surface area contributed by atoms with Gasteiger partial charge in [0.15, 0.2) is 0 Å². The van der Waals surface area contributed by atoms with Crippen LogP contribution in [-0.4, -0.2) is 6.93 Å². The highest BCUT2D eigenvalue weighted by atomic mass is 35.5. The predicted molar refractivity (Wildman–Crippen MR) is 14.3 cm³/mol. The highest BCUT2D eigenvalue weighted by molar-refractivity contribution is 5.85. The maximum Gasteiger partial charge on any atom is 0.229 e. The fraction of sp³-hybridized carbons (Fsp3) is 1.00. The Labute approximate surface area is 29.2 Å². The first-order valence-corrected chi connectivity index (χ1v) is 0.535. The Morgan fingerprint density at radius 2 is 1.25 bits per heavy atom. The van der Waals surface area contributed by atoms with Gasteiger partial charge < -0.3 is 0 Å². The Morgan fingerprint density at radius 1 is 1.25 bits per heavy atom. The van der Waals surface area contributed by atoms with E-state index in [9.17, 15) is 8.78 Å². The molecule has 0 heterocycles. The van der Waals surface area contributed by atoms with Crippen LogP contribution in [0.2, 0.25) is 0 Å². The van der Waals surface area contributed by atoms with Crippen molar-refractivity contribution in [2.45, 2.75) is 0 Å². The van der Waals surface area contributed by atoms with E-state index in [0.29, 0.717) is 0 Å². The average Bonchev–Trinajstić information content (AvgIpc) is 0.918. The lowest BCUT2D eigenvalue weighted by molar-refractivity contribution is 0.295. The molecule has 0 aromatic heterocycles. The number of hydrogen-bond donors (Lipinski definition) is 0. The summed E-state index contributed by atoms with van der Waals surface area (Å²) in [6, 6.07) is 0. The largest absolute Gasteiger partial charge is 0.229 e. The molecular weight excluding hydrogens is 85.5 g/mol. The molecule has 28 valence electrons. The second kappa shape index (κ2) is 11.0. The van der Waals surface area contributed by atoms with E-state index in [1.54, 1.807) is 0 Å². The van der Waals surface area contributed by atoms with Crippen LogP contribution >= 0.6 is 12.4 Å². The first-order valence-electron chi connectivity index (χ1n) is 0.535. The Hall–Kier alpha value is 0.150. The Kier molecular flexibility index (Phi) is 24.5. The van der Waals surface area contributed by atoms with E-state index in [1.807, 2.05) is 0 Å². The first kappa shape index (κ1) is 8.91. The number of alkyl halides is 2. The molecule has 0 fully saturated rings. The van der Waals surface area contributed by atoms with E-state index >= 15 is 0 Å². The normalized spacial score (nSPS) is 4.50. The minimum Gasteiger partial charge on any atom is -0.214 e. The summed E-state index contributed by atoms with van der Waals surface area (Å²) in [5.74, 6) is 0. The van der Waals surface area contributed by atoms with Crippen molar-refractivity contribution in [3.05, 3.63) is 0 Å². The van der Waals surface area contributed by atoms with Crippen molar-refractivity contribution in [2.24, 2.45) is 0 Å². The number of rotatable bonds is 0. The minimum absolute atomic E-state index is 0. The van der Waals surface area contributed by atoms with Gasteiger partial charge in [0, 0.05) is 0 Å². The van der Waals surface area contributed by atoms with Crippen molar-refractivity contribution in [1.82, 2.24) is 0 Å². The molecule has 0 saturated heterocycles. The number of hydrogen-bond acceptors (Lipinski definition) is 0. The van der Waals surface area contributed by atoms with Crippen molar-refractivity contribution in [3.63, 3.8) is 0 Å². The van der Waals surface area contributed by atoms with Gasteiger partial charge in [-0.2, -0.15) is 0 Å². The zero-order chi connectivity index (χ0) is 2.71. The number of halogens is 3. The van der Waals surface area contributed by atoms with E-state index in [1.165, 1.54) is 0 Å². The topological polar surface area (TPSA) is 0 Å². The highest BCUT2D eigenvalue weighted by Crippen LogP contribution is 1.56. The Morgan fingerprint density at radius 3 is 1.25 bits per heavy atom. The molecule has 0 saturated carbocycles. The molecule has 0 aliphatic carbocycles. The summed E-state index contributed by atoms with van der Waals surface area (Å²) in [4.78, 5) is 0. The zero-order valence-corrected chi connectivity index (χ0v) is 2.69. The van der Waals surface area contributed by atoms with Crippen LogP contribution in [-0.2, 0) is 0 Å². The summed E-state index contributed by atoms with van der Waals surface area (Å²) in [6.45, 7) is -1.75. The predicted octanol–water partition coefficient (Wildman–Crippen LogP) is 1.30. The molecule has 0 nitrogen and oxygen atoms in total. The maximum atomic E-state index is 9.62. The molecule has 0 N–H and O–H groups in total. The zero-order valence-electron chi connectivity index (χ0n) is 1.87. The van der Waals surface area contributed by atoms with Crippen LogP contribution in [0, 0.1) is 0 Å². The van der Waals surface area contributed by atoms with E-state index in [0.717, 1.165) is 0 Å². The molecule has 0 spiro atoms. The lowest BCUT2D eigenvalue weighted by Crippen LogP contribution is -1.34. The van der Waals surface area contributed by atoms with Crippen molar-refractivity contribution in [2.75, 3.05) is 6.93 Å². The van der Waals surface area contributed by atoms with Gasteiger partial charge in [0.2, 0.25) is 6.93 Å². The third kappa shape index (κ3) is 126. The Bertz CT molecular complexity index is 6.00. The van der Waals surface area contributed by atoms with Gasteiger partial charge in [0.25, 0.3) is 0 Å². The van der Waals surface area contributed by atoms with Crippen LogP contribution in [0.25, 0.3) is 0 Å². The van der Waals surface area contributed by atoms with Gasteiger partial charge in [-0.15, -0.1) is 12.4 Å². The lowest BCUT2D eigenvalue weighted by atomic mass is 11.7. The van der Waals surface area contributed by atoms with Gasteiger partial charge in [-0.05, 0) is 0 Å². The van der Waals surface area contributed by atoms with E-state index in [-0.39, 0.29) is 12.4 Å². The van der Waals surface area contributed by atoms with Crippen molar-refractivity contribution >= 4 is 12.4 Å². The standard InChI is InChI=1S/CH2F2.ClH/c2-1-3;/h1H2;1H. The molecule has 0 amide bonds. The molecule has 0 radical (unpaired) electrons. The first-order chi connectivity index (χ1) is 1.41. The molecule has 3 heteroatoms. The molecule has 0 atom stereocenters. The summed E-state index contributed by atoms with van der Waals surface area (Å²) < 4.78 is 19.2. The molecular formula is CH3ClF2. The second-order valence-electron chi connectivity index (χ2n) is 0.101. The van der Waals surface area contributed by atoms with Crippen molar-refractivity contribution < 1.29 is 8.78 Å². The molecule has 0 aromatic rings. The van der Waals surface area contributed by atoms with Crippen LogP contribution in [0.3, 0.4) is 0 Å². The molecule has 0 aliphatic rings. The fourth-order valence-corrected chi connectivity index (χ4v) is 0. The van der Waals surface area contributed by atoms with Gasteiger partial charge in [-0.1, -0.05) is 0 Å². The molecule has 0 aliphatic heterocycles. The summed E-state index contributed by atoms with van der Waals surface area (Å²) in [5.41, 5.74) is 0. The van der Waals surface area contributed by atoms with Crippen LogP contribution in [0.4, 0.5) is 8.78 Å². The Balaban J connectivity index is 0. The van der Waals surface area contributed by atoms with Gasteiger partial charge in [-0.25, -0.2) is 8.78 Å². The van der Waals surface area contributed by atoms with Gasteiger partial charge in [0.1, 0.15) is 0 Å². The monoisotopic (exact) mass is 88.0 g/mol. The SMILES string of the molecule is Cl.FCF. The summed E-state index contributed by atoms with van der Waals surface area (Å²) in [7, 11) is 0. The second-order valence-corrected chi connectivity index (χ2v) is 0.101. The summed E-state index contributed by atoms with van der Waals surface area (Å²) in [5, 5.41) is 0. The van der Waals surface area contributed by atoms with Gasteiger partial charge in [0.05, 0.1) is 0 Å². The van der Waals surface area contributed by atoms with E-state index in [4.69, 9.17) is 0 Å². The van der Waals surface area contributed by atoms with E-state index in [2.05, 4.69) is 0 Å². The van der Waals surface area contributed by atoms with E-state index < -0.39 is 6.93 Å². The average molecular weight is 88.5 g/mol. The van der Waals surface area contributed by atoms with Crippen LogP contribution in [0.15, 0.2) is 0 Å². The minimum atomic E-state index is -1.75. The highest BCUT2D eigenvalue weighted by Gasteiger charge is 1.44.